The Hall–Kier alpha value is -1.45. The second-order valence-electron chi connectivity index (χ2n) is 5.82. The molecule has 1 atom stereocenters. The summed E-state index contributed by atoms with van der Waals surface area (Å²) < 4.78 is 0. The predicted molar refractivity (Wildman–Crippen MR) is 83.7 cm³/mol. The van der Waals surface area contributed by atoms with Crippen LogP contribution in [0.15, 0.2) is 36.7 Å². The predicted octanol–water partition coefficient (Wildman–Crippen LogP) is 2.81. The molecule has 3 nitrogen and oxygen atoms in total. The van der Waals surface area contributed by atoms with Crippen molar-refractivity contribution in [1.82, 2.24) is 15.2 Å². The van der Waals surface area contributed by atoms with Crippen LogP contribution in [0.1, 0.15) is 24.8 Å². The summed E-state index contributed by atoms with van der Waals surface area (Å²) in [4.78, 5) is 6.64. The van der Waals surface area contributed by atoms with E-state index in [0.29, 0.717) is 6.04 Å². The van der Waals surface area contributed by atoms with Gasteiger partial charge in [0.05, 0.1) is 0 Å². The summed E-state index contributed by atoms with van der Waals surface area (Å²) in [7, 11) is 2.24. The maximum atomic E-state index is 4.15. The van der Waals surface area contributed by atoms with E-state index in [4.69, 9.17) is 0 Å². The van der Waals surface area contributed by atoms with Crippen molar-refractivity contribution in [1.29, 1.82) is 0 Å². The molecule has 1 aromatic heterocycles. The summed E-state index contributed by atoms with van der Waals surface area (Å²) in [5.41, 5.74) is 1.35. The lowest BCUT2D eigenvalue weighted by atomic mass is 10.0. The standard InChI is InChI=1S/C17H23N3/c1-20-9-3-2-4-17(20)13-19-11-14-5-6-16-12-18-8-7-15(16)10-14/h5-8,10,12,17,19H,2-4,9,11,13H2,1H3. The van der Waals surface area contributed by atoms with Gasteiger partial charge in [-0.3, -0.25) is 4.98 Å². The zero-order chi connectivity index (χ0) is 13.8. The van der Waals surface area contributed by atoms with Gasteiger partial charge in [-0.1, -0.05) is 18.6 Å². The highest BCUT2D eigenvalue weighted by Crippen LogP contribution is 2.16. The van der Waals surface area contributed by atoms with E-state index in [0.717, 1.165) is 13.1 Å². The molecule has 1 N–H and O–H groups in total. The van der Waals surface area contributed by atoms with Crippen LogP contribution in [0.5, 0.6) is 0 Å². The van der Waals surface area contributed by atoms with Crippen molar-refractivity contribution >= 4 is 10.8 Å². The molecule has 20 heavy (non-hydrogen) atoms. The molecule has 1 aliphatic rings. The first-order valence-corrected chi connectivity index (χ1v) is 7.56. The molecule has 0 amide bonds. The lowest BCUT2D eigenvalue weighted by Gasteiger charge is -2.32. The smallest absolute Gasteiger partial charge is 0.0346 e. The molecule has 106 valence electrons. The van der Waals surface area contributed by atoms with Gasteiger partial charge in [0.1, 0.15) is 0 Å². The molecule has 1 aromatic carbocycles. The van der Waals surface area contributed by atoms with Crippen LogP contribution in [0.2, 0.25) is 0 Å². The highest BCUT2D eigenvalue weighted by Gasteiger charge is 2.17. The molecule has 3 rings (SSSR count). The second kappa shape index (κ2) is 6.33. The van der Waals surface area contributed by atoms with Gasteiger partial charge in [-0.05, 0) is 49.5 Å². The Morgan fingerprint density at radius 1 is 1.25 bits per heavy atom. The number of piperidine rings is 1. The SMILES string of the molecule is CN1CCCCC1CNCc1ccc2cnccc2c1. The molecular formula is C17H23N3. The van der Waals surface area contributed by atoms with Gasteiger partial charge in [-0.2, -0.15) is 0 Å². The average molecular weight is 269 g/mol. The summed E-state index contributed by atoms with van der Waals surface area (Å²) in [6.45, 7) is 3.28. The topological polar surface area (TPSA) is 28.2 Å². The maximum Gasteiger partial charge on any atom is 0.0346 e. The highest BCUT2D eigenvalue weighted by atomic mass is 15.2. The van der Waals surface area contributed by atoms with E-state index < -0.39 is 0 Å². The van der Waals surface area contributed by atoms with E-state index in [1.54, 1.807) is 0 Å². The Morgan fingerprint density at radius 3 is 3.10 bits per heavy atom. The molecule has 3 heteroatoms. The molecule has 0 radical (unpaired) electrons. The van der Waals surface area contributed by atoms with Crippen LogP contribution < -0.4 is 5.32 Å². The van der Waals surface area contributed by atoms with Gasteiger partial charge in [-0.25, -0.2) is 0 Å². The number of hydrogen-bond acceptors (Lipinski definition) is 3. The first-order valence-electron chi connectivity index (χ1n) is 7.56. The van der Waals surface area contributed by atoms with Gasteiger partial charge >= 0.3 is 0 Å². The van der Waals surface area contributed by atoms with Crippen molar-refractivity contribution in [2.45, 2.75) is 31.8 Å². The van der Waals surface area contributed by atoms with Crippen molar-refractivity contribution in [2.75, 3.05) is 20.1 Å². The number of rotatable bonds is 4. The average Bonchev–Trinajstić information content (AvgIpc) is 2.49. The Kier molecular flexibility index (Phi) is 4.28. The molecule has 0 aliphatic carbocycles. The molecule has 0 spiro atoms. The monoisotopic (exact) mass is 269 g/mol. The minimum absolute atomic E-state index is 0.702. The quantitative estimate of drug-likeness (QED) is 0.925. The molecular weight excluding hydrogens is 246 g/mol. The van der Waals surface area contributed by atoms with Crippen LogP contribution in [-0.4, -0.2) is 36.1 Å². The summed E-state index contributed by atoms with van der Waals surface area (Å²) in [6.07, 6.45) is 7.83. The molecule has 2 heterocycles. The maximum absolute atomic E-state index is 4.15. The van der Waals surface area contributed by atoms with Crippen LogP contribution in [0.3, 0.4) is 0 Å². The molecule has 0 saturated carbocycles. The van der Waals surface area contributed by atoms with Crippen molar-refractivity contribution in [2.24, 2.45) is 0 Å². The normalized spacial score (nSPS) is 20.4. The number of likely N-dealkylation sites (N-methyl/N-ethyl adjacent to an activating group) is 1. The number of nitrogens with one attached hydrogen (secondary N) is 1. The number of likely N-dealkylation sites (tertiary alicyclic amines) is 1. The van der Waals surface area contributed by atoms with Crippen molar-refractivity contribution in [3.8, 4) is 0 Å². The molecule has 1 unspecified atom stereocenters. The summed E-state index contributed by atoms with van der Waals surface area (Å²) in [5.74, 6) is 0. The van der Waals surface area contributed by atoms with Crippen molar-refractivity contribution in [3.63, 3.8) is 0 Å². The minimum Gasteiger partial charge on any atom is -0.311 e. The van der Waals surface area contributed by atoms with Gasteiger partial charge in [-0.15, -0.1) is 0 Å². The van der Waals surface area contributed by atoms with E-state index in [1.165, 1.54) is 42.1 Å². The van der Waals surface area contributed by atoms with Crippen LogP contribution in [0.4, 0.5) is 0 Å². The van der Waals surface area contributed by atoms with E-state index in [9.17, 15) is 0 Å². The van der Waals surface area contributed by atoms with Crippen LogP contribution >= 0.6 is 0 Å². The number of pyridine rings is 1. The fraction of sp³-hybridized carbons (Fsp3) is 0.471. The lowest BCUT2D eigenvalue weighted by Crippen LogP contribution is -2.42. The summed E-state index contributed by atoms with van der Waals surface area (Å²) in [6, 6.07) is 9.39. The van der Waals surface area contributed by atoms with E-state index in [1.807, 2.05) is 12.4 Å². The number of hydrogen-bond donors (Lipinski definition) is 1. The van der Waals surface area contributed by atoms with E-state index in [-0.39, 0.29) is 0 Å². The highest BCUT2D eigenvalue weighted by molar-refractivity contribution is 5.81. The lowest BCUT2D eigenvalue weighted by molar-refractivity contribution is 0.181. The van der Waals surface area contributed by atoms with E-state index >= 15 is 0 Å². The first kappa shape index (κ1) is 13.5. The van der Waals surface area contributed by atoms with E-state index in [2.05, 4.69) is 46.5 Å². The van der Waals surface area contributed by atoms with Crippen molar-refractivity contribution < 1.29 is 0 Å². The Morgan fingerprint density at radius 2 is 2.20 bits per heavy atom. The number of aromatic nitrogens is 1. The fourth-order valence-electron chi connectivity index (χ4n) is 3.03. The third-order valence-electron chi connectivity index (χ3n) is 4.34. The molecule has 1 fully saturated rings. The third kappa shape index (κ3) is 3.17. The number of nitrogens with zero attached hydrogens (tertiary/aromatic N) is 2. The minimum atomic E-state index is 0.702. The van der Waals surface area contributed by atoms with Crippen LogP contribution in [0, 0.1) is 0 Å². The van der Waals surface area contributed by atoms with Crippen molar-refractivity contribution in [3.05, 3.63) is 42.2 Å². The number of fused-ring (bicyclic) bond motifs is 1. The molecule has 1 aliphatic heterocycles. The molecule has 1 saturated heterocycles. The Bertz CT molecular complexity index is 567. The fourth-order valence-corrected chi connectivity index (χ4v) is 3.03. The largest absolute Gasteiger partial charge is 0.311 e. The van der Waals surface area contributed by atoms with Gasteiger partial charge in [0.15, 0.2) is 0 Å². The van der Waals surface area contributed by atoms with Gasteiger partial charge in [0.25, 0.3) is 0 Å². The Labute approximate surface area is 121 Å². The molecule has 2 aromatic rings. The van der Waals surface area contributed by atoms with Crippen LogP contribution in [-0.2, 0) is 6.54 Å². The Balaban J connectivity index is 1.56. The summed E-state index contributed by atoms with van der Waals surface area (Å²) in [5, 5.41) is 6.09. The van der Waals surface area contributed by atoms with Gasteiger partial charge < -0.3 is 10.2 Å². The first-order chi connectivity index (χ1) is 9.83. The zero-order valence-corrected chi connectivity index (χ0v) is 12.2. The second-order valence-corrected chi connectivity index (χ2v) is 5.82. The third-order valence-corrected chi connectivity index (χ3v) is 4.34. The van der Waals surface area contributed by atoms with Gasteiger partial charge in [0.2, 0.25) is 0 Å². The summed E-state index contributed by atoms with van der Waals surface area (Å²) >= 11 is 0. The molecule has 0 bridgehead atoms. The number of benzene rings is 1. The van der Waals surface area contributed by atoms with Crippen LogP contribution in [0.25, 0.3) is 10.8 Å². The zero-order valence-electron chi connectivity index (χ0n) is 12.2. The van der Waals surface area contributed by atoms with Gasteiger partial charge in [0, 0.05) is 36.9 Å².